The van der Waals surface area contributed by atoms with Crippen molar-refractivity contribution < 1.29 is 9.59 Å². The zero-order chi connectivity index (χ0) is 27.0. The molecule has 5 rings (SSSR count). The van der Waals surface area contributed by atoms with Gasteiger partial charge in [0.1, 0.15) is 6.04 Å². The second kappa shape index (κ2) is 13.0. The lowest BCUT2D eigenvalue weighted by Crippen LogP contribution is -2.48. The number of benzene rings is 3. The molecule has 3 aromatic carbocycles. The van der Waals surface area contributed by atoms with Crippen molar-refractivity contribution in [3.63, 3.8) is 0 Å². The molecule has 0 aliphatic carbocycles. The third kappa shape index (κ3) is 6.94. The Kier molecular flexibility index (Phi) is 9.07. The van der Waals surface area contributed by atoms with Crippen LogP contribution in [0.15, 0.2) is 84.9 Å². The van der Waals surface area contributed by atoms with Crippen molar-refractivity contribution in [3.05, 3.63) is 107 Å². The third-order valence-corrected chi connectivity index (χ3v) is 8.05. The van der Waals surface area contributed by atoms with Crippen molar-refractivity contribution in [1.29, 1.82) is 0 Å². The highest BCUT2D eigenvalue weighted by molar-refractivity contribution is 5.98. The molecule has 2 aliphatic rings. The van der Waals surface area contributed by atoms with Crippen LogP contribution in [0.5, 0.6) is 0 Å². The van der Waals surface area contributed by atoms with Crippen LogP contribution in [-0.2, 0) is 17.8 Å². The SMILES string of the molecule is Cc1ccc(C(=O)N2CC(N(CCc3ccccc3)Cc3ccccc3)CC2C(=O)N2CCCNCC2)cc1. The Balaban J connectivity index is 1.41. The molecule has 6 heteroatoms. The van der Waals surface area contributed by atoms with Crippen molar-refractivity contribution in [3.8, 4) is 0 Å². The number of aryl methyl sites for hydroxylation is 1. The van der Waals surface area contributed by atoms with E-state index in [-0.39, 0.29) is 17.9 Å². The molecule has 0 spiro atoms. The van der Waals surface area contributed by atoms with Gasteiger partial charge in [-0.25, -0.2) is 0 Å². The molecule has 2 saturated heterocycles. The number of amides is 2. The van der Waals surface area contributed by atoms with Crippen LogP contribution in [0, 0.1) is 6.92 Å². The fourth-order valence-electron chi connectivity index (χ4n) is 5.80. The summed E-state index contributed by atoms with van der Waals surface area (Å²) in [6.07, 6.45) is 2.51. The van der Waals surface area contributed by atoms with E-state index in [4.69, 9.17) is 0 Å². The van der Waals surface area contributed by atoms with E-state index < -0.39 is 6.04 Å². The van der Waals surface area contributed by atoms with Crippen molar-refractivity contribution in [2.24, 2.45) is 0 Å². The van der Waals surface area contributed by atoms with Crippen molar-refractivity contribution in [2.75, 3.05) is 39.3 Å². The fourth-order valence-corrected chi connectivity index (χ4v) is 5.80. The van der Waals surface area contributed by atoms with E-state index in [9.17, 15) is 9.59 Å². The molecule has 0 radical (unpaired) electrons. The minimum absolute atomic E-state index is 0.0495. The average Bonchev–Trinajstić information content (AvgIpc) is 3.23. The lowest BCUT2D eigenvalue weighted by atomic mass is 10.1. The number of likely N-dealkylation sites (tertiary alicyclic amines) is 1. The normalized spacial score (nSPS) is 19.7. The fraction of sp³-hybridized carbons (Fsp3) is 0.394. The predicted octanol–water partition coefficient (Wildman–Crippen LogP) is 4.14. The van der Waals surface area contributed by atoms with Gasteiger partial charge >= 0.3 is 0 Å². The van der Waals surface area contributed by atoms with Crippen LogP contribution >= 0.6 is 0 Å². The monoisotopic (exact) mass is 524 g/mol. The molecule has 1 N–H and O–H groups in total. The Morgan fingerprint density at radius 1 is 0.872 bits per heavy atom. The van der Waals surface area contributed by atoms with E-state index in [0.29, 0.717) is 25.1 Å². The first-order chi connectivity index (χ1) is 19.1. The van der Waals surface area contributed by atoms with Crippen LogP contribution in [0.3, 0.4) is 0 Å². The maximum atomic E-state index is 13.9. The molecule has 0 bridgehead atoms. The first kappa shape index (κ1) is 27.1. The third-order valence-electron chi connectivity index (χ3n) is 8.05. The smallest absolute Gasteiger partial charge is 0.254 e. The summed E-state index contributed by atoms with van der Waals surface area (Å²) in [4.78, 5) is 34.1. The molecule has 39 heavy (non-hydrogen) atoms. The lowest BCUT2D eigenvalue weighted by Gasteiger charge is -2.29. The summed E-state index contributed by atoms with van der Waals surface area (Å²) < 4.78 is 0. The first-order valence-corrected chi connectivity index (χ1v) is 14.3. The van der Waals surface area contributed by atoms with Crippen LogP contribution < -0.4 is 5.32 Å². The second-order valence-electron chi connectivity index (χ2n) is 10.8. The molecule has 204 valence electrons. The van der Waals surface area contributed by atoms with Gasteiger partial charge < -0.3 is 15.1 Å². The summed E-state index contributed by atoms with van der Waals surface area (Å²) in [5.74, 6) is 0.0379. The van der Waals surface area contributed by atoms with Gasteiger partial charge in [0.05, 0.1) is 0 Å². The van der Waals surface area contributed by atoms with Crippen LogP contribution in [-0.4, -0.2) is 77.9 Å². The van der Waals surface area contributed by atoms with Gasteiger partial charge in [-0.15, -0.1) is 0 Å². The minimum atomic E-state index is -0.447. The first-order valence-electron chi connectivity index (χ1n) is 14.3. The number of carbonyl (C=O) groups excluding carboxylic acids is 2. The van der Waals surface area contributed by atoms with Gasteiger partial charge in [0.2, 0.25) is 5.91 Å². The molecular weight excluding hydrogens is 484 g/mol. The summed E-state index contributed by atoms with van der Waals surface area (Å²) in [7, 11) is 0. The number of nitrogens with zero attached hydrogens (tertiary/aromatic N) is 3. The van der Waals surface area contributed by atoms with Crippen LogP contribution in [0.1, 0.15) is 39.9 Å². The Morgan fingerprint density at radius 2 is 1.56 bits per heavy atom. The molecule has 0 aromatic heterocycles. The molecule has 2 unspecified atom stereocenters. The van der Waals surface area contributed by atoms with Crippen molar-refractivity contribution in [1.82, 2.24) is 20.0 Å². The maximum absolute atomic E-state index is 13.9. The summed E-state index contributed by atoms with van der Waals surface area (Å²) >= 11 is 0. The number of hydrogen-bond donors (Lipinski definition) is 1. The van der Waals surface area contributed by atoms with Gasteiger partial charge in [-0.3, -0.25) is 14.5 Å². The van der Waals surface area contributed by atoms with E-state index in [1.54, 1.807) is 0 Å². The number of nitrogens with one attached hydrogen (secondary N) is 1. The molecule has 2 amide bonds. The van der Waals surface area contributed by atoms with Crippen molar-refractivity contribution >= 4 is 11.8 Å². The van der Waals surface area contributed by atoms with Crippen LogP contribution in [0.4, 0.5) is 0 Å². The van der Waals surface area contributed by atoms with Gasteiger partial charge in [-0.05, 0) is 56.0 Å². The van der Waals surface area contributed by atoms with E-state index in [1.807, 2.05) is 53.1 Å². The molecule has 2 atom stereocenters. The van der Waals surface area contributed by atoms with Gasteiger partial charge in [0, 0.05) is 50.9 Å². The van der Waals surface area contributed by atoms with Gasteiger partial charge in [-0.1, -0.05) is 78.4 Å². The Bertz CT molecular complexity index is 1210. The quantitative estimate of drug-likeness (QED) is 0.481. The average molecular weight is 525 g/mol. The molecule has 2 heterocycles. The molecular formula is C33H40N4O2. The highest BCUT2D eigenvalue weighted by Crippen LogP contribution is 2.28. The minimum Gasteiger partial charge on any atom is -0.340 e. The second-order valence-corrected chi connectivity index (χ2v) is 10.8. The largest absolute Gasteiger partial charge is 0.340 e. The highest BCUT2D eigenvalue weighted by atomic mass is 16.2. The summed E-state index contributed by atoms with van der Waals surface area (Å²) in [5.41, 5.74) is 4.31. The number of rotatable bonds is 8. The van der Waals surface area contributed by atoms with Crippen molar-refractivity contribution in [2.45, 2.75) is 44.8 Å². The molecule has 3 aromatic rings. The predicted molar refractivity (Wildman–Crippen MR) is 155 cm³/mol. The summed E-state index contributed by atoms with van der Waals surface area (Å²) in [6.45, 7) is 7.38. The van der Waals surface area contributed by atoms with E-state index >= 15 is 0 Å². The standard InChI is InChI=1S/C33H40N4O2/c1-26-13-15-29(16-14-26)32(38)37-25-30(23-31(37)33(39)35-20-8-18-34-19-22-35)36(24-28-11-6-3-7-12-28)21-17-27-9-4-2-5-10-27/h2-7,9-16,30-31,34H,8,17-25H2,1H3. The maximum Gasteiger partial charge on any atom is 0.254 e. The number of hydrogen-bond acceptors (Lipinski definition) is 4. The summed E-state index contributed by atoms with van der Waals surface area (Å²) in [5, 5.41) is 3.39. The highest BCUT2D eigenvalue weighted by Gasteiger charge is 2.43. The zero-order valence-electron chi connectivity index (χ0n) is 23.0. The van der Waals surface area contributed by atoms with Crippen LogP contribution in [0.25, 0.3) is 0 Å². The lowest BCUT2D eigenvalue weighted by molar-refractivity contribution is -0.135. The van der Waals surface area contributed by atoms with Gasteiger partial charge in [0.25, 0.3) is 5.91 Å². The van der Waals surface area contributed by atoms with E-state index in [1.165, 1.54) is 11.1 Å². The summed E-state index contributed by atoms with van der Waals surface area (Å²) in [6, 6.07) is 28.4. The zero-order valence-corrected chi connectivity index (χ0v) is 23.0. The molecule has 2 fully saturated rings. The molecule has 0 saturated carbocycles. The van der Waals surface area contributed by atoms with Gasteiger partial charge in [-0.2, -0.15) is 0 Å². The van der Waals surface area contributed by atoms with Gasteiger partial charge in [0.15, 0.2) is 0 Å². The Hall–Kier alpha value is -3.48. The Labute approximate surface area is 232 Å². The van der Waals surface area contributed by atoms with Crippen LogP contribution in [0.2, 0.25) is 0 Å². The Morgan fingerprint density at radius 3 is 2.28 bits per heavy atom. The number of carbonyl (C=O) groups is 2. The molecule has 2 aliphatic heterocycles. The molecule has 6 nitrogen and oxygen atoms in total. The topological polar surface area (TPSA) is 55.9 Å². The van der Waals surface area contributed by atoms with E-state index in [0.717, 1.165) is 51.1 Å². The van der Waals surface area contributed by atoms with E-state index in [2.05, 4.69) is 58.7 Å².